The average molecular weight is 545 g/mol. The molecule has 2 aromatic carbocycles. The Morgan fingerprint density at radius 3 is 2.46 bits per heavy atom. The lowest BCUT2D eigenvalue weighted by molar-refractivity contribution is -0.401. The van der Waals surface area contributed by atoms with Crippen molar-refractivity contribution < 1.29 is 40.4 Å². The number of aromatic hydroxyl groups is 1. The van der Waals surface area contributed by atoms with Gasteiger partial charge in [-0.1, -0.05) is 24.3 Å². The Morgan fingerprint density at radius 1 is 1.11 bits per heavy atom. The molecule has 1 unspecified atom stereocenters. The first-order chi connectivity index (χ1) is 17.2. The molecular weight excluding hydrogens is 518 g/mol. The summed E-state index contributed by atoms with van der Waals surface area (Å²) < 4.78 is 75.0. The molecule has 0 radical (unpaired) electrons. The number of hydrogen-bond donors (Lipinski definition) is 3. The van der Waals surface area contributed by atoms with E-state index in [1.54, 1.807) is 12.2 Å². The van der Waals surface area contributed by atoms with E-state index in [0.717, 1.165) is 23.9 Å². The van der Waals surface area contributed by atoms with E-state index in [4.69, 9.17) is 4.74 Å². The molecule has 0 saturated heterocycles. The standard InChI is InChI=1S/C26H25NO8S2/c1-26(2)18-8-4-5-9-19(18)27(3)22(26)12-11-15-7-6-10-20-17(15)13-16-14-21(36(29,30)31)23(28)25(24(16)35-20)37(32,33)34/h4-5,8-15H,6-7H2,1-3H3,(H2-,28,29,30,31,32,33,34)/p+1/b12-11+. The van der Waals surface area contributed by atoms with Gasteiger partial charge < -0.3 is 9.84 Å². The van der Waals surface area contributed by atoms with Crippen LogP contribution in [0.15, 0.2) is 69.7 Å². The molecule has 37 heavy (non-hydrogen) atoms. The Balaban J connectivity index is 1.61. The number of benzene rings is 2. The quantitative estimate of drug-likeness (QED) is 0.384. The van der Waals surface area contributed by atoms with Crippen molar-refractivity contribution in [3.05, 3.63) is 71.0 Å². The lowest BCUT2D eigenvalue weighted by Gasteiger charge is -2.29. The zero-order valence-corrected chi connectivity index (χ0v) is 22.0. The second-order valence-electron chi connectivity index (χ2n) is 9.82. The molecule has 2 aromatic rings. The first-order valence-corrected chi connectivity index (χ1v) is 14.4. The third-order valence-electron chi connectivity index (χ3n) is 7.18. The van der Waals surface area contributed by atoms with Gasteiger partial charge in [0, 0.05) is 34.8 Å². The van der Waals surface area contributed by atoms with Gasteiger partial charge in [-0.2, -0.15) is 21.4 Å². The van der Waals surface area contributed by atoms with Crippen molar-refractivity contribution in [2.75, 3.05) is 7.05 Å². The lowest BCUT2D eigenvalue weighted by atomic mass is 9.80. The van der Waals surface area contributed by atoms with E-state index in [0.29, 0.717) is 17.8 Å². The van der Waals surface area contributed by atoms with Crippen LogP contribution in [-0.4, -0.2) is 48.4 Å². The van der Waals surface area contributed by atoms with E-state index in [1.165, 1.54) is 5.56 Å². The summed E-state index contributed by atoms with van der Waals surface area (Å²) in [6.45, 7) is 4.31. The largest absolute Gasteiger partial charge is 0.505 e. The molecule has 0 saturated carbocycles. The monoisotopic (exact) mass is 544 g/mol. The van der Waals surface area contributed by atoms with E-state index >= 15 is 0 Å². The summed E-state index contributed by atoms with van der Waals surface area (Å²) >= 11 is 0. The maximum Gasteiger partial charge on any atom is 0.302 e. The van der Waals surface area contributed by atoms with Crippen molar-refractivity contribution in [3.8, 4) is 11.5 Å². The topological polar surface area (TPSA) is 141 Å². The van der Waals surface area contributed by atoms with Crippen LogP contribution in [-0.2, 0) is 25.7 Å². The Hall–Kier alpha value is -3.25. The summed E-state index contributed by atoms with van der Waals surface area (Å²) in [4.78, 5) is -2.16. The predicted molar refractivity (Wildman–Crippen MR) is 137 cm³/mol. The molecule has 3 N–H and O–H groups in total. The molecule has 0 fully saturated rings. The first kappa shape index (κ1) is 25.4. The molecule has 0 spiro atoms. The summed E-state index contributed by atoms with van der Waals surface area (Å²) in [6.07, 6.45) is 8.79. The number of hydrogen-bond acceptors (Lipinski definition) is 6. The van der Waals surface area contributed by atoms with Gasteiger partial charge in [0.05, 0.1) is 5.41 Å². The van der Waals surface area contributed by atoms with E-state index in [-0.39, 0.29) is 16.9 Å². The molecule has 2 heterocycles. The normalized spacial score (nSPS) is 20.6. The molecule has 2 aliphatic heterocycles. The fourth-order valence-electron chi connectivity index (χ4n) is 5.39. The number of rotatable bonds is 4. The summed E-state index contributed by atoms with van der Waals surface area (Å²) in [5.74, 6) is -1.51. The van der Waals surface area contributed by atoms with Gasteiger partial charge in [-0.25, -0.2) is 0 Å². The number of para-hydroxylation sites is 1. The van der Waals surface area contributed by atoms with Crippen molar-refractivity contribution in [1.29, 1.82) is 0 Å². The van der Waals surface area contributed by atoms with Gasteiger partial charge in [-0.3, -0.25) is 9.11 Å². The van der Waals surface area contributed by atoms with Gasteiger partial charge in [-0.15, -0.1) is 0 Å². The second kappa shape index (κ2) is 8.38. The highest BCUT2D eigenvalue weighted by Gasteiger charge is 2.43. The Morgan fingerprint density at radius 2 is 1.81 bits per heavy atom. The zero-order chi connectivity index (χ0) is 26.9. The van der Waals surface area contributed by atoms with Crippen molar-refractivity contribution in [3.63, 3.8) is 0 Å². The highest BCUT2D eigenvalue weighted by atomic mass is 32.2. The van der Waals surface area contributed by atoms with Gasteiger partial charge in [0.2, 0.25) is 5.69 Å². The van der Waals surface area contributed by atoms with Crippen LogP contribution in [0.5, 0.6) is 11.5 Å². The van der Waals surface area contributed by atoms with E-state index in [2.05, 4.69) is 36.6 Å². The molecule has 0 bridgehead atoms. The van der Waals surface area contributed by atoms with Crippen molar-refractivity contribution in [2.45, 2.75) is 41.9 Å². The van der Waals surface area contributed by atoms with Crippen LogP contribution in [0.4, 0.5) is 5.69 Å². The van der Waals surface area contributed by atoms with Crippen LogP contribution in [0.3, 0.4) is 0 Å². The second-order valence-corrected chi connectivity index (χ2v) is 12.6. The van der Waals surface area contributed by atoms with Gasteiger partial charge in [-0.05, 0) is 44.9 Å². The summed E-state index contributed by atoms with van der Waals surface area (Å²) in [5.41, 5.74) is 3.87. The highest BCUT2D eigenvalue weighted by molar-refractivity contribution is 7.87. The van der Waals surface area contributed by atoms with Crippen LogP contribution in [0.1, 0.15) is 37.8 Å². The van der Waals surface area contributed by atoms with Crippen LogP contribution in [0.2, 0.25) is 0 Å². The molecule has 5 rings (SSSR count). The number of fused-ring (bicyclic) bond motifs is 3. The smallest absolute Gasteiger partial charge is 0.302 e. The molecule has 11 heteroatoms. The maximum absolute atomic E-state index is 12.0. The minimum Gasteiger partial charge on any atom is -0.505 e. The van der Waals surface area contributed by atoms with Crippen LogP contribution < -0.4 is 4.74 Å². The number of allylic oxidation sites excluding steroid dienone is 4. The summed E-state index contributed by atoms with van der Waals surface area (Å²) in [6, 6.07) is 9.12. The summed E-state index contributed by atoms with van der Waals surface area (Å²) in [7, 11) is -8.10. The maximum atomic E-state index is 12.0. The summed E-state index contributed by atoms with van der Waals surface area (Å²) in [5, 5.41) is 10.3. The van der Waals surface area contributed by atoms with E-state index in [9.17, 15) is 31.0 Å². The minimum atomic E-state index is -5.11. The molecule has 0 amide bonds. The molecule has 9 nitrogen and oxygen atoms in total. The third-order valence-corrected chi connectivity index (χ3v) is 8.94. The van der Waals surface area contributed by atoms with Gasteiger partial charge in [0.25, 0.3) is 10.1 Å². The first-order valence-electron chi connectivity index (χ1n) is 11.5. The number of phenolic OH excluding ortho intramolecular Hbond substituents is 1. The molecule has 3 aliphatic rings. The van der Waals surface area contributed by atoms with E-state index < -0.39 is 41.5 Å². The van der Waals surface area contributed by atoms with Gasteiger partial charge in [0.1, 0.15) is 17.7 Å². The molecular formula is C26H26NO8S2+. The lowest BCUT2D eigenvalue weighted by Crippen LogP contribution is -2.27. The molecule has 1 aliphatic carbocycles. The van der Waals surface area contributed by atoms with Crippen molar-refractivity contribution >= 4 is 37.7 Å². The van der Waals surface area contributed by atoms with Gasteiger partial charge >= 0.3 is 10.1 Å². The zero-order valence-electron chi connectivity index (χ0n) is 20.3. The number of phenols is 1. The Kier molecular flexibility index (Phi) is 5.76. The van der Waals surface area contributed by atoms with Crippen LogP contribution in [0.25, 0.3) is 6.08 Å². The number of ether oxygens (including phenoxy) is 1. The van der Waals surface area contributed by atoms with Gasteiger partial charge in [0.15, 0.2) is 22.1 Å². The van der Waals surface area contributed by atoms with Crippen molar-refractivity contribution in [2.24, 2.45) is 5.92 Å². The van der Waals surface area contributed by atoms with Crippen LogP contribution in [0, 0.1) is 5.92 Å². The minimum absolute atomic E-state index is 0.0103. The SMILES string of the molecule is C[N+]1=C(/C=C/C2CCC=C3Oc4c(cc(S(=O)(=O)O)c(O)c4S(=O)(=O)O)C=C32)C(C)(C)c2ccccc21. The Labute approximate surface area is 215 Å². The third kappa shape index (κ3) is 4.11. The molecule has 0 aromatic heterocycles. The fourth-order valence-corrected chi connectivity index (χ4v) is 6.82. The highest BCUT2D eigenvalue weighted by Crippen LogP contribution is 2.48. The molecule has 194 valence electrons. The Bertz CT molecular complexity index is 1690. The number of nitrogens with zero attached hydrogens (tertiary/aromatic N) is 1. The van der Waals surface area contributed by atoms with Crippen LogP contribution >= 0.6 is 0 Å². The molecule has 1 atom stereocenters. The predicted octanol–water partition coefficient (Wildman–Crippen LogP) is 4.22. The van der Waals surface area contributed by atoms with E-state index in [1.807, 2.05) is 25.3 Å². The fraction of sp³-hybridized carbons (Fsp3) is 0.269. The average Bonchev–Trinajstić information content (AvgIpc) is 2.99. The van der Waals surface area contributed by atoms with Crippen molar-refractivity contribution in [1.82, 2.24) is 0 Å².